The fourth-order valence-electron chi connectivity index (χ4n) is 3.48. The van der Waals surface area contributed by atoms with Crippen molar-refractivity contribution in [1.82, 2.24) is 10.2 Å². The van der Waals surface area contributed by atoms with Crippen LogP contribution in [0.4, 0.5) is 0 Å². The summed E-state index contributed by atoms with van der Waals surface area (Å²) in [6, 6.07) is 4.24. The Bertz CT molecular complexity index is 423. The fourth-order valence-corrected chi connectivity index (χ4v) is 3.48. The number of aromatic hydroxyl groups is 1. The van der Waals surface area contributed by atoms with E-state index in [-0.39, 0.29) is 0 Å². The maximum Gasteiger partial charge on any atom is 0.121 e. The smallest absolute Gasteiger partial charge is 0.121 e. The predicted molar refractivity (Wildman–Crippen MR) is 72.7 cm³/mol. The molecule has 2 aliphatic rings. The molecule has 2 aliphatic heterocycles. The van der Waals surface area contributed by atoms with Gasteiger partial charge in [0.05, 0.1) is 0 Å². The van der Waals surface area contributed by atoms with E-state index in [9.17, 15) is 5.11 Å². The molecule has 0 bridgehead atoms. The molecule has 2 N–H and O–H groups in total. The number of hydrogen-bond acceptors (Lipinski definition) is 3. The molecule has 0 aliphatic carbocycles. The van der Waals surface area contributed by atoms with Gasteiger partial charge in [-0.1, -0.05) is 12.1 Å². The molecule has 2 atom stereocenters. The van der Waals surface area contributed by atoms with Crippen molar-refractivity contribution in [3.63, 3.8) is 0 Å². The summed E-state index contributed by atoms with van der Waals surface area (Å²) in [6.45, 7) is 9.80. The molecule has 2 heterocycles. The number of phenols is 1. The molecule has 98 valence electrons. The number of phenolic OH excluding ortho intramolecular Hbond substituents is 1. The predicted octanol–water partition coefficient (Wildman–Crippen LogP) is 1.66. The van der Waals surface area contributed by atoms with E-state index in [0.717, 1.165) is 29.5 Å². The van der Waals surface area contributed by atoms with Crippen LogP contribution in [0.25, 0.3) is 0 Å². The van der Waals surface area contributed by atoms with E-state index in [0.29, 0.717) is 5.75 Å². The lowest BCUT2D eigenvalue weighted by Crippen LogP contribution is -2.25. The Balaban J connectivity index is 1.70. The minimum atomic E-state index is 0.446. The molecule has 1 aromatic rings. The average molecular weight is 246 g/mol. The van der Waals surface area contributed by atoms with Gasteiger partial charge in [0.1, 0.15) is 5.75 Å². The number of nitrogens with one attached hydrogen (secondary N) is 1. The van der Waals surface area contributed by atoms with Crippen LogP contribution in [0.15, 0.2) is 12.1 Å². The van der Waals surface area contributed by atoms with E-state index < -0.39 is 0 Å². The molecule has 0 spiro atoms. The Hall–Kier alpha value is -1.06. The van der Waals surface area contributed by atoms with Gasteiger partial charge in [0, 0.05) is 19.6 Å². The Morgan fingerprint density at radius 2 is 1.72 bits per heavy atom. The van der Waals surface area contributed by atoms with Crippen molar-refractivity contribution in [1.29, 1.82) is 0 Å². The van der Waals surface area contributed by atoms with Crippen molar-refractivity contribution in [2.45, 2.75) is 20.4 Å². The van der Waals surface area contributed by atoms with Crippen LogP contribution in [0.5, 0.6) is 5.75 Å². The molecule has 0 amide bonds. The summed E-state index contributed by atoms with van der Waals surface area (Å²) in [5.41, 5.74) is 3.31. The molecule has 0 radical (unpaired) electrons. The molecular formula is C15H22N2O. The first-order valence-corrected chi connectivity index (χ1v) is 6.85. The van der Waals surface area contributed by atoms with Gasteiger partial charge in [-0.3, -0.25) is 4.90 Å². The van der Waals surface area contributed by atoms with Gasteiger partial charge in [-0.25, -0.2) is 0 Å². The molecule has 0 saturated carbocycles. The number of benzene rings is 1. The van der Waals surface area contributed by atoms with Crippen molar-refractivity contribution in [3.8, 4) is 5.75 Å². The average Bonchev–Trinajstić information content (AvgIpc) is 2.86. The second kappa shape index (κ2) is 4.56. The highest BCUT2D eigenvalue weighted by Gasteiger charge is 2.35. The topological polar surface area (TPSA) is 35.5 Å². The molecular weight excluding hydrogens is 224 g/mol. The lowest BCUT2D eigenvalue weighted by molar-refractivity contribution is 0.305. The number of aryl methyl sites for hydroxylation is 2. The zero-order valence-electron chi connectivity index (χ0n) is 11.2. The summed E-state index contributed by atoms with van der Waals surface area (Å²) in [7, 11) is 0. The van der Waals surface area contributed by atoms with Crippen LogP contribution in [0.3, 0.4) is 0 Å². The first-order chi connectivity index (χ1) is 8.63. The molecule has 3 nitrogen and oxygen atoms in total. The first-order valence-electron chi connectivity index (χ1n) is 6.85. The Kier molecular flexibility index (Phi) is 3.04. The number of fused-ring (bicyclic) bond motifs is 1. The third-order valence-electron chi connectivity index (χ3n) is 4.42. The van der Waals surface area contributed by atoms with Gasteiger partial charge in [0.25, 0.3) is 0 Å². The summed E-state index contributed by atoms with van der Waals surface area (Å²) < 4.78 is 0. The largest absolute Gasteiger partial charge is 0.507 e. The lowest BCUT2D eigenvalue weighted by atomic mass is 10.0. The molecule has 18 heavy (non-hydrogen) atoms. The van der Waals surface area contributed by atoms with Gasteiger partial charge >= 0.3 is 0 Å². The van der Waals surface area contributed by atoms with Crippen molar-refractivity contribution in [2.24, 2.45) is 11.8 Å². The molecule has 2 fully saturated rings. The maximum atomic E-state index is 9.80. The molecule has 3 heteroatoms. The zero-order chi connectivity index (χ0) is 12.7. The van der Waals surface area contributed by atoms with Crippen LogP contribution in [0.1, 0.15) is 16.7 Å². The SMILES string of the molecule is Cc1cc(CN2CC3CNCC3C2)cc(C)c1O. The summed E-state index contributed by atoms with van der Waals surface area (Å²) in [4.78, 5) is 2.56. The quantitative estimate of drug-likeness (QED) is 0.833. The second-order valence-corrected chi connectivity index (χ2v) is 5.95. The van der Waals surface area contributed by atoms with Crippen molar-refractivity contribution in [2.75, 3.05) is 26.2 Å². The van der Waals surface area contributed by atoms with E-state index in [4.69, 9.17) is 0 Å². The standard InChI is InChI=1S/C15H22N2O/c1-10-3-12(4-11(2)15(10)18)7-17-8-13-5-16-6-14(13)9-17/h3-4,13-14,16,18H,5-9H2,1-2H3. The number of rotatable bonds is 2. The van der Waals surface area contributed by atoms with Crippen LogP contribution in [-0.4, -0.2) is 36.2 Å². The van der Waals surface area contributed by atoms with E-state index in [1.54, 1.807) is 0 Å². The van der Waals surface area contributed by atoms with Gasteiger partial charge < -0.3 is 10.4 Å². The Labute approximate surface area is 109 Å². The highest BCUT2D eigenvalue weighted by Crippen LogP contribution is 2.29. The minimum Gasteiger partial charge on any atom is -0.507 e. The zero-order valence-corrected chi connectivity index (χ0v) is 11.2. The van der Waals surface area contributed by atoms with Crippen molar-refractivity contribution in [3.05, 3.63) is 28.8 Å². The van der Waals surface area contributed by atoms with Crippen LogP contribution in [-0.2, 0) is 6.54 Å². The summed E-state index contributed by atoms with van der Waals surface area (Å²) >= 11 is 0. The van der Waals surface area contributed by atoms with Gasteiger partial charge in [0.15, 0.2) is 0 Å². The molecule has 0 aromatic heterocycles. The Morgan fingerprint density at radius 1 is 1.17 bits per heavy atom. The van der Waals surface area contributed by atoms with Crippen molar-refractivity contribution < 1.29 is 5.11 Å². The highest BCUT2D eigenvalue weighted by atomic mass is 16.3. The monoisotopic (exact) mass is 246 g/mol. The fraction of sp³-hybridized carbons (Fsp3) is 0.600. The van der Waals surface area contributed by atoms with Gasteiger partial charge in [-0.2, -0.15) is 0 Å². The lowest BCUT2D eigenvalue weighted by Gasteiger charge is -2.18. The number of likely N-dealkylation sites (tertiary alicyclic amines) is 1. The minimum absolute atomic E-state index is 0.446. The van der Waals surface area contributed by atoms with Gasteiger partial charge in [-0.15, -0.1) is 0 Å². The molecule has 1 aromatic carbocycles. The summed E-state index contributed by atoms with van der Waals surface area (Å²) in [5.74, 6) is 2.15. The first kappa shape index (κ1) is 12.0. The molecule has 3 rings (SSSR count). The number of hydrogen-bond donors (Lipinski definition) is 2. The third kappa shape index (κ3) is 2.13. The second-order valence-electron chi connectivity index (χ2n) is 5.95. The Morgan fingerprint density at radius 3 is 2.28 bits per heavy atom. The number of nitrogens with zero attached hydrogens (tertiary/aromatic N) is 1. The van der Waals surface area contributed by atoms with Crippen LogP contribution >= 0.6 is 0 Å². The van der Waals surface area contributed by atoms with Crippen LogP contribution < -0.4 is 5.32 Å². The van der Waals surface area contributed by atoms with E-state index in [1.165, 1.54) is 31.7 Å². The maximum absolute atomic E-state index is 9.80. The molecule has 2 saturated heterocycles. The summed E-state index contributed by atoms with van der Waals surface area (Å²) in [5, 5.41) is 13.3. The van der Waals surface area contributed by atoms with E-state index >= 15 is 0 Å². The van der Waals surface area contributed by atoms with Gasteiger partial charge in [0.2, 0.25) is 0 Å². The van der Waals surface area contributed by atoms with E-state index in [2.05, 4.69) is 22.3 Å². The van der Waals surface area contributed by atoms with Crippen molar-refractivity contribution >= 4 is 0 Å². The van der Waals surface area contributed by atoms with Crippen LogP contribution in [0, 0.1) is 25.7 Å². The summed E-state index contributed by atoms with van der Waals surface area (Å²) in [6.07, 6.45) is 0. The van der Waals surface area contributed by atoms with E-state index in [1.807, 2.05) is 13.8 Å². The third-order valence-corrected chi connectivity index (χ3v) is 4.42. The normalized spacial score (nSPS) is 27.7. The molecule has 2 unspecified atom stereocenters. The van der Waals surface area contributed by atoms with Crippen LogP contribution in [0.2, 0.25) is 0 Å². The highest BCUT2D eigenvalue weighted by molar-refractivity contribution is 5.42. The van der Waals surface area contributed by atoms with Gasteiger partial charge in [-0.05, 0) is 55.5 Å².